The molecule has 9 heteroatoms. The molecule has 2 aromatic carbocycles. The van der Waals surface area contributed by atoms with Crippen LogP contribution in [0.15, 0.2) is 42.5 Å². The lowest BCUT2D eigenvalue weighted by atomic mass is 10.2. The molecule has 134 valence electrons. The molecule has 0 aliphatic rings. The van der Waals surface area contributed by atoms with E-state index < -0.39 is 29.8 Å². The summed E-state index contributed by atoms with van der Waals surface area (Å²) in [6.07, 6.45) is -4.87. The minimum Gasteiger partial charge on any atom is -0.405 e. The molecule has 0 saturated carbocycles. The highest BCUT2D eigenvalue weighted by molar-refractivity contribution is 5.89. The van der Waals surface area contributed by atoms with Gasteiger partial charge in [0.1, 0.15) is 17.4 Å². The van der Waals surface area contributed by atoms with Crippen LogP contribution in [0.4, 0.5) is 32.4 Å². The minimum atomic E-state index is -4.87. The third-order valence-electron chi connectivity index (χ3n) is 3.13. The van der Waals surface area contributed by atoms with Crippen LogP contribution in [0, 0.1) is 11.6 Å². The molecule has 2 aromatic rings. The summed E-state index contributed by atoms with van der Waals surface area (Å²) in [5.41, 5.74) is -0.143. The number of rotatable bonds is 4. The SMILES string of the molecule is CN(Cc1ccccc1OC(F)(F)F)C(=O)Nc1ccc(F)cc1F. The highest BCUT2D eigenvalue weighted by atomic mass is 19.4. The number of nitrogens with one attached hydrogen (secondary N) is 1. The fraction of sp³-hybridized carbons (Fsp3) is 0.188. The van der Waals surface area contributed by atoms with Crippen molar-refractivity contribution in [2.24, 2.45) is 0 Å². The molecular formula is C16H13F5N2O2. The Morgan fingerprint density at radius 2 is 1.84 bits per heavy atom. The Kier molecular flexibility index (Phi) is 5.45. The summed E-state index contributed by atoms with van der Waals surface area (Å²) in [4.78, 5) is 13.1. The van der Waals surface area contributed by atoms with Crippen molar-refractivity contribution in [2.45, 2.75) is 12.9 Å². The van der Waals surface area contributed by atoms with E-state index in [1.807, 2.05) is 0 Å². The number of para-hydroxylation sites is 1. The number of urea groups is 1. The number of nitrogens with zero attached hydrogens (tertiary/aromatic N) is 1. The van der Waals surface area contributed by atoms with Crippen LogP contribution in [0.1, 0.15) is 5.56 Å². The second-order valence-electron chi connectivity index (χ2n) is 5.07. The molecule has 0 aromatic heterocycles. The highest BCUT2D eigenvalue weighted by Gasteiger charge is 2.32. The van der Waals surface area contributed by atoms with Crippen molar-refractivity contribution in [3.8, 4) is 5.75 Å². The van der Waals surface area contributed by atoms with Gasteiger partial charge in [-0.25, -0.2) is 13.6 Å². The van der Waals surface area contributed by atoms with Crippen LogP contribution < -0.4 is 10.1 Å². The molecule has 0 unspecified atom stereocenters. The van der Waals surface area contributed by atoms with Gasteiger partial charge in [-0.3, -0.25) is 0 Å². The molecule has 0 radical (unpaired) electrons. The van der Waals surface area contributed by atoms with Gasteiger partial charge in [-0.15, -0.1) is 13.2 Å². The lowest BCUT2D eigenvalue weighted by Crippen LogP contribution is -2.31. The van der Waals surface area contributed by atoms with Crippen LogP contribution >= 0.6 is 0 Å². The lowest BCUT2D eigenvalue weighted by molar-refractivity contribution is -0.275. The number of anilines is 1. The average molecular weight is 360 g/mol. The second-order valence-corrected chi connectivity index (χ2v) is 5.07. The number of ether oxygens (including phenoxy) is 1. The van der Waals surface area contributed by atoms with Gasteiger partial charge in [0, 0.05) is 18.7 Å². The van der Waals surface area contributed by atoms with Gasteiger partial charge in [0.2, 0.25) is 0 Å². The summed E-state index contributed by atoms with van der Waals surface area (Å²) in [5.74, 6) is -2.22. The minimum absolute atomic E-state index is 0.108. The van der Waals surface area contributed by atoms with Crippen LogP contribution in [-0.4, -0.2) is 24.3 Å². The van der Waals surface area contributed by atoms with Crippen molar-refractivity contribution in [1.82, 2.24) is 4.90 Å². The van der Waals surface area contributed by atoms with Gasteiger partial charge in [-0.2, -0.15) is 0 Å². The van der Waals surface area contributed by atoms with E-state index in [1.165, 1.54) is 25.2 Å². The fourth-order valence-electron chi connectivity index (χ4n) is 1.99. The Morgan fingerprint density at radius 1 is 1.16 bits per heavy atom. The molecule has 25 heavy (non-hydrogen) atoms. The zero-order valence-electron chi connectivity index (χ0n) is 12.9. The summed E-state index contributed by atoms with van der Waals surface area (Å²) in [6.45, 7) is -0.221. The van der Waals surface area contributed by atoms with E-state index in [1.54, 1.807) is 0 Å². The van der Waals surface area contributed by atoms with Crippen molar-refractivity contribution >= 4 is 11.7 Å². The van der Waals surface area contributed by atoms with Crippen LogP contribution in [0.3, 0.4) is 0 Å². The number of hydrogen-bond donors (Lipinski definition) is 1. The normalized spacial score (nSPS) is 11.1. The molecule has 0 fully saturated rings. The maximum atomic E-state index is 13.5. The number of carbonyl (C=O) groups excluding carboxylic acids is 1. The molecule has 0 saturated heterocycles. The first-order chi connectivity index (χ1) is 11.7. The van der Waals surface area contributed by atoms with Gasteiger partial charge in [0.15, 0.2) is 0 Å². The molecule has 0 heterocycles. The molecule has 2 amide bonds. The monoisotopic (exact) mass is 360 g/mol. The van der Waals surface area contributed by atoms with Gasteiger partial charge < -0.3 is 15.0 Å². The quantitative estimate of drug-likeness (QED) is 0.814. The molecule has 4 nitrogen and oxygen atoms in total. The maximum Gasteiger partial charge on any atom is 0.573 e. The largest absolute Gasteiger partial charge is 0.573 e. The fourth-order valence-corrected chi connectivity index (χ4v) is 1.99. The standard InChI is InChI=1S/C16H13F5N2O2/c1-23(15(24)22-13-7-6-11(17)8-12(13)18)9-10-4-2-3-5-14(10)25-16(19,20)21/h2-8H,9H2,1H3,(H,22,24). The van der Waals surface area contributed by atoms with Gasteiger partial charge in [0.25, 0.3) is 0 Å². The smallest absolute Gasteiger partial charge is 0.405 e. The summed E-state index contributed by atoms with van der Waals surface area (Å²) < 4.78 is 67.5. The van der Waals surface area contributed by atoms with Gasteiger partial charge in [-0.05, 0) is 18.2 Å². The molecule has 0 aliphatic carbocycles. The Labute approximate surface area is 139 Å². The van der Waals surface area contributed by atoms with Gasteiger partial charge in [-0.1, -0.05) is 18.2 Å². The molecule has 1 N–H and O–H groups in total. The first-order valence-corrected chi connectivity index (χ1v) is 6.96. The number of alkyl halides is 3. The Balaban J connectivity index is 2.09. The van der Waals surface area contributed by atoms with E-state index in [2.05, 4.69) is 10.1 Å². The highest BCUT2D eigenvalue weighted by Crippen LogP contribution is 2.27. The first-order valence-electron chi connectivity index (χ1n) is 6.96. The number of benzene rings is 2. The summed E-state index contributed by atoms with van der Waals surface area (Å²) in [7, 11) is 1.31. The van der Waals surface area contributed by atoms with Crippen LogP contribution in [0.5, 0.6) is 5.75 Å². The number of carbonyl (C=O) groups is 1. The predicted octanol–water partition coefficient (Wildman–Crippen LogP) is 4.53. The molecular weight excluding hydrogens is 347 g/mol. The molecule has 0 atom stereocenters. The first kappa shape index (κ1) is 18.5. The summed E-state index contributed by atoms with van der Waals surface area (Å²) in [5, 5.41) is 2.21. The number of amides is 2. The number of halogens is 5. The molecule has 0 aliphatic heterocycles. The zero-order chi connectivity index (χ0) is 18.6. The van der Waals surface area contributed by atoms with Crippen molar-refractivity contribution in [2.75, 3.05) is 12.4 Å². The zero-order valence-corrected chi connectivity index (χ0v) is 12.9. The van der Waals surface area contributed by atoms with Crippen molar-refractivity contribution < 1.29 is 31.5 Å². The van der Waals surface area contributed by atoms with Crippen LogP contribution in [-0.2, 0) is 6.54 Å². The molecule has 2 rings (SSSR count). The molecule has 0 spiro atoms. The van der Waals surface area contributed by atoms with E-state index in [9.17, 15) is 26.7 Å². The van der Waals surface area contributed by atoms with Crippen LogP contribution in [0.2, 0.25) is 0 Å². The third kappa shape index (κ3) is 5.33. The Bertz CT molecular complexity index is 764. The maximum absolute atomic E-state index is 13.5. The van der Waals surface area contributed by atoms with E-state index in [0.29, 0.717) is 6.07 Å². The van der Waals surface area contributed by atoms with Gasteiger partial charge >= 0.3 is 12.4 Å². The van der Waals surface area contributed by atoms with E-state index in [-0.39, 0.29) is 17.8 Å². The van der Waals surface area contributed by atoms with Gasteiger partial charge in [0.05, 0.1) is 12.2 Å². The van der Waals surface area contributed by atoms with Crippen molar-refractivity contribution in [3.63, 3.8) is 0 Å². The van der Waals surface area contributed by atoms with Crippen LogP contribution in [0.25, 0.3) is 0 Å². The third-order valence-corrected chi connectivity index (χ3v) is 3.13. The van der Waals surface area contributed by atoms with Crippen molar-refractivity contribution in [3.05, 3.63) is 59.7 Å². The Morgan fingerprint density at radius 3 is 2.48 bits per heavy atom. The van der Waals surface area contributed by atoms with E-state index >= 15 is 0 Å². The topological polar surface area (TPSA) is 41.6 Å². The lowest BCUT2D eigenvalue weighted by Gasteiger charge is -2.20. The summed E-state index contributed by atoms with van der Waals surface area (Å²) >= 11 is 0. The molecule has 0 bridgehead atoms. The number of hydrogen-bond acceptors (Lipinski definition) is 2. The predicted molar refractivity (Wildman–Crippen MR) is 80.0 cm³/mol. The second kappa shape index (κ2) is 7.37. The van der Waals surface area contributed by atoms with E-state index in [4.69, 9.17) is 0 Å². The Hall–Kier alpha value is -2.84. The average Bonchev–Trinajstić information content (AvgIpc) is 2.50. The summed E-state index contributed by atoms with van der Waals surface area (Å²) in [6, 6.07) is 7.15. The van der Waals surface area contributed by atoms with E-state index in [0.717, 1.165) is 23.1 Å². The van der Waals surface area contributed by atoms with Crippen molar-refractivity contribution in [1.29, 1.82) is 0 Å².